The first kappa shape index (κ1) is 25.5. The van der Waals surface area contributed by atoms with Crippen molar-refractivity contribution in [2.75, 3.05) is 6.54 Å². The number of likely N-dealkylation sites (tertiary alicyclic amines) is 1. The standard InChI is InChI=1S/C21H38BN3O6/c1-12(2)15(23-19(28)29)18(27)25-11-9-10-14(25)17(26)24-16(13(3)4)22-30-20(5,6)21(7,8)31-22/h12-16,23H,9-11H2,1-8H3,(H,24,26)(H,28,29)/t14?,15?,16-/m0/s1. The van der Waals surface area contributed by atoms with E-state index in [1.807, 2.05) is 41.5 Å². The average molecular weight is 439 g/mol. The van der Waals surface area contributed by atoms with Crippen molar-refractivity contribution in [1.82, 2.24) is 15.5 Å². The van der Waals surface area contributed by atoms with Gasteiger partial charge in [-0.05, 0) is 52.4 Å². The molecule has 0 aromatic heterocycles. The monoisotopic (exact) mass is 439 g/mol. The third-order valence-electron chi connectivity index (χ3n) is 6.64. The fourth-order valence-corrected chi connectivity index (χ4v) is 3.97. The summed E-state index contributed by atoms with van der Waals surface area (Å²) in [6, 6.07) is -1.54. The Hall–Kier alpha value is -1.81. The molecule has 3 N–H and O–H groups in total. The molecule has 31 heavy (non-hydrogen) atoms. The van der Waals surface area contributed by atoms with Gasteiger partial charge in [0.2, 0.25) is 11.8 Å². The summed E-state index contributed by atoms with van der Waals surface area (Å²) in [7, 11) is -0.600. The first-order valence-electron chi connectivity index (χ1n) is 11.1. The number of carbonyl (C=O) groups excluding carboxylic acids is 2. The zero-order valence-corrected chi connectivity index (χ0v) is 20.0. The fourth-order valence-electron chi connectivity index (χ4n) is 3.97. The van der Waals surface area contributed by atoms with Crippen LogP contribution in [-0.4, -0.2) is 70.8 Å². The molecule has 0 aromatic rings. The summed E-state index contributed by atoms with van der Waals surface area (Å²) in [5.41, 5.74) is -1.03. The average Bonchev–Trinajstić information content (AvgIpc) is 3.18. The van der Waals surface area contributed by atoms with Gasteiger partial charge in [-0.1, -0.05) is 27.7 Å². The minimum atomic E-state index is -1.26. The van der Waals surface area contributed by atoms with Gasteiger partial charge in [-0.3, -0.25) is 9.59 Å². The van der Waals surface area contributed by atoms with Crippen LogP contribution in [0.25, 0.3) is 0 Å². The van der Waals surface area contributed by atoms with Gasteiger partial charge in [-0.25, -0.2) is 4.79 Å². The summed E-state index contributed by atoms with van der Waals surface area (Å²) in [5.74, 6) is -1.21. The summed E-state index contributed by atoms with van der Waals surface area (Å²) in [6.45, 7) is 15.8. The molecular formula is C21H38BN3O6. The number of nitrogens with zero attached hydrogens (tertiary/aromatic N) is 1. The molecule has 10 heteroatoms. The molecule has 2 aliphatic heterocycles. The minimum Gasteiger partial charge on any atom is -0.465 e. The van der Waals surface area contributed by atoms with Crippen LogP contribution in [0.1, 0.15) is 68.2 Å². The predicted octanol–water partition coefficient (Wildman–Crippen LogP) is 2.04. The molecule has 2 aliphatic rings. The van der Waals surface area contributed by atoms with E-state index < -0.39 is 36.5 Å². The number of hydrogen-bond acceptors (Lipinski definition) is 5. The summed E-state index contributed by atoms with van der Waals surface area (Å²) in [5, 5.41) is 14.4. The van der Waals surface area contributed by atoms with Crippen molar-refractivity contribution < 1.29 is 28.8 Å². The van der Waals surface area contributed by atoms with E-state index in [0.29, 0.717) is 19.4 Å². The highest BCUT2D eigenvalue weighted by atomic mass is 16.7. The lowest BCUT2D eigenvalue weighted by Crippen LogP contribution is -2.58. The molecule has 0 aliphatic carbocycles. The Labute approximate surface area is 185 Å². The van der Waals surface area contributed by atoms with Crippen molar-refractivity contribution in [3.05, 3.63) is 0 Å². The molecule has 2 unspecified atom stereocenters. The van der Waals surface area contributed by atoms with Crippen LogP contribution >= 0.6 is 0 Å². The molecule has 2 fully saturated rings. The van der Waals surface area contributed by atoms with Crippen LogP contribution in [0.15, 0.2) is 0 Å². The Bertz CT molecular complexity index is 681. The fraction of sp³-hybridized carbons (Fsp3) is 0.857. The molecule has 9 nitrogen and oxygen atoms in total. The highest BCUT2D eigenvalue weighted by Gasteiger charge is 2.55. The summed E-state index contributed by atoms with van der Waals surface area (Å²) < 4.78 is 12.3. The van der Waals surface area contributed by atoms with Crippen LogP contribution in [0.3, 0.4) is 0 Å². The maximum Gasteiger partial charge on any atom is 0.482 e. The number of carbonyl (C=O) groups is 3. The van der Waals surface area contributed by atoms with E-state index >= 15 is 0 Å². The second kappa shape index (κ2) is 9.36. The van der Waals surface area contributed by atoms with Gasteiger partial charge in [0, 0.05) is 6.54 Å². The van der Waals surface area contributed by atoms with Crippen LogP contribution < -0.4 is 10.6 Å². The Morgan fingerprint density at radius 2 is 1.55 bits per heavy atom. The largest absolute Gasteiger partial charge is 0.482 e. The van der Waals surface area contributed by atoms with E-state index in [2.05, 4.69) is 10.6 Å². The SMILES string of the molecule is CC(C)C(NC(=O)O)C(=O)N1CCCC1C(=O)N[C@H](B1OC(C)(C)C(C)(C)O1)C(C)C. The van der Waals surface area contributed by atoms with Gasteiger partial charge in [0.1, 0.15) is 12.1 Å². The Kier molecular flexibility index (Phi) is 7.69. The quantitative estimate of drug-likeness (QED) is 0.523. The lowest BCUT2D eigenvalue weighted by molar-refractivity contribution is -0.140. The number of nitrogens with one attached hydrogen (secondary N) is 2. The van der Waals surface area contributed by atoms with Crippen LogP contribution in [0.4, 0.5) is 4.79 Å². The second-order valence-electron chi connectivity index (χ2n) is 10.3. The van der Waals surface area contributed by atoms with Crippen LogP contribution in [0.5, 0.6) is 0 Å². The van der Waals surface area contributed by atoms with Gasteiger partial charge in [-0.2, -0.15) is 0 Å². The highest BCUT2D eigenvalue weighted by Crippen LogP contribution is 2.38. The zero-order valence-electron chi connectivity index (χ0n) is 20.0. The molecule has 2 heterocycles. The van der Waals surface area contributed by atoms with Crippen molar-refractivity contribution >= 4 is 25.0 Å². The maximum absolute atomic E-state index is 13.2. The molecule has 176 valence electrons. The van der Waals surface area contributed by atoms with Crippen molar-refractivity contribution in [3.63, 3.8) is 0 Å². The first-order valence-corrected chi connectivity index (χ1v) is 11.1. The summed E-state index contributed by atoms with van der Waals surface area (Å²) >= 11 is 0. The van der Waals surface area contributed by atoms with E-state index in [9.17, 15) is 14.4 Å². The Balaban J connectivity index is 2.15. The van der Waals surface area contributed by atoms with E-state index in [1.165, 1.54) is 4.90 Å². The minimum absolute atomic E-state index is 0.0429. The van der Waals surface area contributed by atoms with Gasteiger partial charge >= 0.3 is 13.2 Å². The third-order valence-corrected chi connectivity index (χ3v) is 6.64. The van der Waals surface area contributed by atoms with E-state index in [0.717, 1.165) is 0 Å². The predicted molar refractivity (Wildman–Crippen MR) is 117 cm³/mol. The van der Waals surface area contributed by atoms with Crippen molar-refractivity contribution in [1.29, 1.82) is 0 Å². The van der Waals surface area contributed by atoms with Gasteiger partial charge < -0.3 is 29.9 Å². The molecule has 3 atom stereocenters. The molecule has 2 saturated heterocycles. The lowest BCUT2D eigenvalue weighted by atomic mass is 9.72. The maximum atomic E-state index is 13.2. The van der Waals surface area contributed by atoms with Crippen molar-refractivity contribution in [2.45, 2.75) is 97.5 Å². The number of carboxylic acid groups (broad SMARTS) is 1. The van der Waals surface area contributed by atoms with E-state index in [-0.39, 0.29) is 29.6 Å². The summed E-state index contributed by atoms with van der Waals surface area (Å²) in [4.78, 5) is 38.9. The molecule has 0 aromatic carbocycles. The first-order chi connectivity index (χ1) is 14.2. The molecule has 0 radical (unpaired) electrons. The van der Waals surface area contributed by atoms with Gasteiger partial charge in [-0.15, -0.1) is 0 Å². The Morgan fingerprint density at radius 3 is 2.00 bits per heavy atom. The van der Waals surface area contributed by atoms with E-state index in [1.54, 1.807) is 13.8 Å². The van der Waals surface area contributed by atoms with Gasteiger partial charge in [0.05, 0.1) is 17.1 Å². The van der Waals surface area contributed by atoms with Crippen molar-refractivity contribution in [2.24, 2.45) is 11.8 Å². The topological polar surface area (TPSA) is 117 Å². The molecule has 0 saturated carbocycles. The molecule has 0 bridgehead atoms. The van der Waals surface area contributed by atoms with Crippen molar-refractivity contribution in [3.8, 4) is 0 Å². The summed E-state index contributed by atoms with van der Waals surface area (Å²) in [6.07, 6.45) is -0.0401. The van der Waals surface area contributed by atoms with Crippen LogP contribution in [0, 0.1) is 11.8 Å². The second-order valence-corrected chi connectivity index (χ2v) is 10.3. The lowest BCUT2D eigenvalue weighted by Gasteiger charge is -2.32. The van der Waals surface area contributed by atoms with Gasteiger partial charge in [0.25, 0.3) is 0 Å². The van der Waals surface area contributed by atoms with Crippen LogP contribution in [0.2, 0.25) is 0 Å². The molecule has 2 rings (SSSR count). The zero-order chi connectivity index (χ0) is 23.7. The Morgan fingerprint density at radius 1 is 1.00 bits per heavy atom. The normalized spacial score (nSPS) is 24.4. The molecular weight excluding hydrogens is 401 g/mol. The third kappa shape index (κ3) is 5.52. The van der Waals surface area contributed by atoms with Crippen LogP contribution in [-0.2, 0) is 18.9 Å². The number of amides is 3. The number of rotatable bonds is 7. The van der Waals surface area contributed by atoms with E-state index in [4.69, 9.17) is 14.4 Å². The number of hydrogen-bond donors (Lipinski definition) is 3. The highest BCUT2D eigenvalue weighted by molar-refractivity contribution is 6.48. The van der Waals surface area contributed by atoms with Gasteiger partial charge in [0.15, 0.2) is 0 Å². The molecule has 0 spiro atoms. The molecule has 3 amide bonds. The smallest absolute Gasteiger partial charge is 0.465 e.